The molecule has 7 nitrogen and oxygen atoms in total. The third kappa shape index (κ3) is 8.40. The summed E-state index contributed by atoms with van der Waals surface area (Å²) in [7, 11) is -3.87. The SMILES string of the molecule is CC[C@H](C)NC(=O)[C@H](CC)N(CCc1ccccc1)C(=O)CN(c1ccc(Cl)cc1Cl)S(C)(=O)=O. The van der Waals surface area contributed by atoms with Gasteiger partial charge in [0, 0.05) is 17.6 Å². The van der Waals surface area contributed by atoms with Crippen LogP contribution in [0, 0.1) is 0 Å². The average molecular weight is 543 g/mol. The molecule has 0 fully saturated rings. The molecule has 1 N–H and O–H groups in total. The molecule has 0 aromatic heterocycles. The minimum absolute atomic E-state index is 0.0528. The standard InChI is InChI=1S/C25H33Cl2N3O4S/c1-5-18(3)28-25(32)22(6-2)29(15-14-19-10-8-7-9-11-19)24(31)17-30(35(4,33)34)23-13-12-20(26)16-21(23)27/h7-13,16,18,22H,5-6,14-15,17H2,1-4H3,(H,28,32)/t18-,22-/m0/s1. The third-order valence-electron chi connectivity index (χ3n) is 5.73. The van der Waals surface area contributed by atoms with Crippen molar-refractivity contribution in [3.63, 3.8) is 0 Å². The summed E-state index contributed by atoms with van der Waals surface area (Å²) in [4.78, 5) is 28.1. The zero-order chi connectivity index (χ0) is 26.2. The van der Waals surface area contributed by atoms with Crippen LogP contribution in [0.25, 0.3) is 0 Å². The Labute approximate surface area is 218 Å². The van der Waals surface area contributed by atoms with Crippen LogP contribution in [0.3, 0.4) is 0 Å². The summed E-state index contributed by atoms with van der Waals surface area (Å²) in [5.41, 5.74) is 1.15. The predicted octanol–water partition coefficient (Wildman–Crippen LogP) is 4.52. The van der Waals surface area contributed by atoms with E-state index >= 15 is 0 Å². The Kier molecular flexibility index (Phi) is 10.9. The van der Waals surface area contributed by atoms with Crippen LogP contribution in [-0.2, 0) is 26.0 Å². The first-order valence-electron chi connectivity index (χ1n) is 11.5. The molecule has 10 heteroatoms. The monoisotopic (exact) mass is 541 g/mol. The number of benzene rings is 2. The maximum absolute atomic E-state index is 13.6. The lowest BCUT2D eigenvalue weighted by Gasteiger charge is -2.33. The van der Waals surface area contributed by atoms with Crippen LogP contribution in [0.5, 0.6) is 0 Å². The van der Waals surface area contributed by atoms with Gasteiger partial charge in [-0.1, -0.05) is 67.4 Å². The van der Waals surface area contributed by atoms with Crippen molar-refractivity contribution in [1.82, 2.24) is 10.2 Å². The first kappa shape index (κ1) is 28.9. The molecule has 192 valence electrons. The lowest BCUT2D eigenvalue weighted by atomic mass is 10.1. The van der Waals surface area contributed by atoms with Crippen molar-refractivity contribution in [2.75, 3.05) is 23.7 Å². The fourth-order valence-electron chi connectivity index (χ4n) is 3.62. The first-order valence-corrected chi connectivity index (χ1v) is 14.1. The molecule has 0 aliphatic carbocycles. The Balaban J connectivity index is 2.39. The van der Waals surface area contributed by atoms with E-state index < -0.39 is 28.5 Å². The zero-order valence-electron chi connectivity index (χ0n) is 20.5. The van der Waals surface area contributed by atoms with Crippen LogP contribution < -0.4 is 9.62 Å². The summed E-state index contributed by atoms with van der Waals surface area (Å²) in [6, 6.07) is 13.2. The Hall–Kier alpha value is -2.29. The maximum Gasteiger partial charge on any atom is 0.244 e. The van der Waals surface area contributed by atoms with E-state index in [4.69, 9.17) is 23.2 Å². The predicted molar refractivity (Wildman–Crippen MR) is 142 cm³/mol. The fraction of sp³-hybridized carbons (Fsp3) is 0.440. The first-order chi connectivity index (χ1) is 16.5. The molecule has 2 atom stereocenters. The van der Waals surface area contributed by atoms with Gasteiger partial charge in [0.25, 0.3) is 0 Å². The second kappa shape index (κ2) is 13.1. The van der Waals surface area contributed by atoms with E-state index in [9.17, 15) is 18.0 Å². The molecule has 0 unspecified atom stereocenters. The summed E-state index contributed by atoms with van der Waals surface area (Å²) in [6.45, 7) is 5.44. The molecule has 0 saturated carbocycles. The van der Waals surface area contributed by atoms with Gasteiger partial charge in [-0.05, 0) is 49.9 Å². The summed E-state index contributed by atoms with van der Waals surface area (Å²) >= 11 is 12.2. The van der Waals surface area contributed by atoms with E-state index in [1.54, 1.807) is 0 Å². The number of rotatable bonds is 12. The number of hydrogen-bond donors (Lipinski definition) is 1. The highest BCUT2D eigenvalue weighted by atomic mass is 35.5. The molecular weight excluding hydrogens is 509 g/mol. The molecular formula is C25H33Cl2N3O4S. The van der Waals surface area contributed by atoms with E-state index in [1.165, 1.54) is 23.1 Å². The number of nitrogens with zero attached hydrogens (tertiary/aromatic N) is 2. The van der Waals surface area contributed by atoms with Crippen molar-refractivity contribution >= 4 is 50.7 Å². The van der Waals surface area contributed by atoms with Crippen molar-refractivity contribution in [3.05, 3.63) is 64.1 Å². The molecule has 2 amide bonds. The molecule has 0 heterocycles. The van der Waals surface area contributed by atoms with Crippen molar-refractivity contribution in [3.8, 4) is 0 Å². The Morgan fingerprint density at radius 3 is 2.23 bits per heavy atom. The molecule has 0 spiro atoms. The normalized spacial score (nSPS) is 13.1. The summed E-state index contributed by atoms with van der Waals surface area (Å²) in [5, 5.41) is 3.39. The molecule has 0 aliphatic rings. The molecule has 2 aromatic carbocycles. The van der Waals surface area contributed by atoms with Gasteiger partial charge in [0.1, 0.15) is 12.6 Å². The summed E-state index contributed by atoms with van der Waals surface area (Å²) in [6.07, 6.45) is 2.65. The third-order valence-corrected chi connectivity index (χ3v) is 7.39. The van der Waals surface area contributed by atoms with Crippen LogP contribution in [0.4, 0.5) is 5.69 Å². The number of nitrogens with one attached hydrogen (secondary N) is 1. The van der Waals surface area contributed by atoms with Gasteiger partial charge in [-0.3, -0.25) is 13.9 Å². The van der Waals surface area contributed by atoms with E-state index in [-0.39, 0.29) is 29.2 Å². The Morgan fingerprint density at radius 2 is 1.69 bits per heavy atom. The highest BCUT2D eigenvalue weighted by molar-refractivity contribution is 7.92. The number of sulfonamides is 1. The van der Waals surface area contributed by atoms with Crippen LogP contribution in [0.2, 0.25) is 10.0 Å². The van der Waals surface area contributed by atoms with Gasteiger partial charge in [-0.2, -0.15) is 0 Å². The van der Waals surface area contributed by atoms with Gasteiger partial charge in [0.2, 0.25) is 21.8 Å². The van der Waals surface area contributed by atoms with Crippen LogP contribution in [0.15, 0.2) is 48.5 Å². The van der Waals surface area contributed by atoms with E-state index in [2.05, 4.69) is 5.32 Å². The smallest absolute Gasteiger partial charge is 0.244 e. The molecule has 0 bridgehead atoms. The van der Waals surface area contributed by atoms with Gasteiger partial charge in [0.05, 0.1) is 17.0 Å². The number of hydrogen-bond acceptors (Lipinski definition) is 4. The van der Waals surface area contributed by atoms with Gasteiger partial charge < -0.3 is 10.2 Å². The maximum atomic E-state index is 13.6. The lowest BCUT2D eigenvalue weighted by molar-refractivity contribution is -0.139. The van der Waals surface area contributed by atoms with E-state index in [0.717, 1.165) is 22.5 Å². The van der Waals surface area contributed by atoms with E-state index in [0.29, 0.717) is 17.9 Å². The van der Waals surface area contributed by atoms with Crippen molar-refractivity contribution < 1.29 is 18.0 Å². The van der Waals surface area contributed by atoms with Crippen LogP contribution in [0.1, 0.15) is 39.2 Å². The largest absolute Gasteiger partial charge is 0.352 e. The lowest BCUT2D eigenvalue weighted by Crippen LogP contribution is -2.54. The molecule has 0 aliphatic heterocycles. The van der Waals surface area contributed by atoms with E-state index in [1.807, 2.05) is 51.1 Å². The topological polar surface area (TPSA) is 86.8 Å². The highest BCUT2D eigenvalue weighted by Crippen LogP contribution is 2.30. The number of anilines is 1. The number of amides is 2. The molecule has 2 aromatic rings. The molecule has 0 radical (unpaired) electrons. The molecule has 35 heavy (non-hydrogen) atoms. The van der Waals surface area contributed by atoms with Crippen LogP contribution in [-0.4, -0.2) is 56.6 Å². The summed E-state index contributed by atoms with van der Waals surface area (Å²) < 4.78 is 26.2. The Morgan fingerprint density at radius 1 is 1.03 bits per heavy atom. The van der Waals surface area contributed by atoms with Crippen LogP contribution >= 0.6 is 23.2 Å². The minimum atomic E-state index is -3.87. The molecule has 0 saturated heterocycles. The Bertz CT molecular complexity index is 1110. The zero-order valence-corrected chi connectivity index (χ0v) is 22.8. The summed E-state index contributed by atoms with van der Waals surface area (Å²) in [5.74, 6) is -0.762. The molecule has 2 rings (SSSR count). The van der Waals surface area contributed by atoms with Crippen molar-refractivity contribution in [1.29, 1.82) is 0 Å². The highest BCUT2D eigenvalue weighted by Gasteiger charge is 2.32. The number of carbonyl (C=O) groups excluding carboxylic acids is 2. The number of carbonyl (C=O) groups is 2. The van der Waals surface area contributed by atoms with Crippen molar-refractivity contribution in [2.24, 2.45) is 0 Å². The minimum Gasteiger partial charge on any atom is -0.352 e. The second-order valence-electron chi connectivity index (χ2n) is 8.43. The van der Waals surface area contributed by atoms with Gasteiger partial charge in [0.15, 0.2) is 0 Å². The second-order valence-corrected chi connectivity index (χ2v) is 11.2. The van der Waals surface area contributed by atoms with Gasteiger partial charge >= 0.3 is 0 Å². The van der Waals surface area contributed by atoms with Gasteiger partial charge in [-0.25, -0.2) is 8.42 Å². The fourth-order valence-corrected chi connectivity index (χ4v) is 5.04. The quantitative estimate of drug-likeness (QED) is 0.427. The van der Waals surface area contributed by atoms with Gasteiger partial charge in [-0.15, -0.1) is 0 Å². The van der Waals surface area contributed by atoms with Crippen molar-refractivity contribution in [2.45, 2.75) is 52.1 Å². The average Bonchev–Trinajstić information content (AvgIpc) is 2.80. The number of halogens is 2.